The molecule has 0 fully saturated rings. The van der Waals surface area contributed by atoms with Gasteiger partial charge in [-0.1, -0.05) is 18.2 Å². The van der Waals surface area contributed by atoms with Crippen molar-refractivity contribution in [2.75, 3.05) is 13.2 Å². The van der Waals surface area contributed by atoms with Crippen LogP contribution in [0.2, 0.25) is 0 Å². The summed E-state index contributed by atoms with van der Waals surface area (Å²) in [4.78, 5) is 12.7. The normalized spacial score (nSPS) is 9.94. The van der Waals surface area contributed by atoms with Crippen molar-refractivity contribution >= 4 is 18.0 Å². The van der Waals surface area contributed by atoms with Crippen LogP contribution in [0.25, 0.3) is 0 Å². The zero-order valence-electron chi connectivity index (χ0n) is 9.90. The Morgan fingerprint density at radius 2 is 2.06 bits per heavy atom. The number of hydrogen-bond donors (Lipinski definition) is 0. The van der Waals surface area contributed by atoms with Crippen molar-refractivity contribution in [3.63, 3.8) is 0 Å². The van der Waals surface area contributed by atoms with Gasteiger partial charge in [0.15, 0.2) is 0 Å². The minimum Gasteiger partial charge on any atom is -0.449 e. The molecule has 0 spiro atoms. The molecule has 0 radical (unpaired) electrons. The Morgan fingerprint density at radius 3 is 2.62 bits per heavy atom. The SMILES string of the molecule is CCOC(=O)N(CC)Sc1ccccc1C. The molecule has 0 aromatic heterocycles. The number of hydrogen-bond acceptors (Lipinski definition) is 3. The first-order valence-electron chi connectivity index (χ1n) is 5.37. The monoisotopic (exact) mass is 239 g/mol. The minimum absolute atomic E-state index is 0.279. The molecule has 0 saturated carbocycles. The van der Waals surface area contributed by atoms with E-state index < -0.39 is 0 Å². The molecule has 1 aromatic rings. The number of carbonyl (C=O) groups is 1. The van der Waals surface area contributed by atoms with Crippen LogP contribution in [0.1, 0.15) is 19.4 Å². The van der Waals surface area contributed by atoms with Crippen LogP contribution in [0.5, 0.6) is 0 Å². The highest BCUT2D eigenvalue weighted by molar-refractivity contribution is 7.97. The number of nitrogens with zero attached hydrogens (tertiary/aromatic N) is 1. The van der Waals surface area contributed by atoms with Crippen molar-refractivity contribution in [2.24, 2.45) is 0 Å². The molecule has 4 heteroatoms. The topological polar surface area (TPSA) is 29.5 Å². The first kappa shape index (κ1) is 12.9. The first-order valence-corrected chi connectivity index (χ1v) is 6.14. The zero-order chi connectivity index (χ0) is 12.0. The molecule has 0 saturated heterocycles. The third kappa shape index (κ3) is 3.45. The van der Waals surface area contributed by atoms with Gasteiger partial charge >= 0.3 is 6.09 Å². The van der Waals surface area contributed by atoms with Crippen LogP contribution in [0.3, 0.4) is 0 Å². The fourth-order valence-corrected chi connectivity index (χ4v) is 2.05. The third-order valence-corrected chi connectivity index (χ3v) is 3.34. The molecule has 0 bridgehead atoms. The van der Waals surface area contributed by atoms with Gasteiger partial charge in [-0.3, -0.25) is 0 Å². The van der Waals surface area contributed by atoms with E-state index in [4.69, 9.17) is 4.74 Å². The summed E-state index contributed by atoms with van der Waals surface area (Å²) in [5.74, 6) is 0. The Morgan fingerprint density at radius 1 is 1.38 bits per heavy atom. The van der Waals surface area contributed by atoms with E-state index >= 15 is 0 Å². The molecule has 0 aliphatic rings. The summed E-state index contributed by atoms with van der Waals surface area (Å²) in [5.41, 5.74) is 1.16. The maximum atomic E-state index is 11.6. The summed E-state index contributed by atoms with van der Waals surface area (Å²) in [5, 5.41) is 0. The lowest BCUT2D eigenvalue weighted by molar-refractivity contribution is 0.135. The number of carbonyl (C=O) groups excluding carboxylic acids is 1. The molecule has 0 unspecified atom stereocenters. The molecule has 88 valence electrons. The van der Waals surface area contributed by atoms with E-state index in [1.807, 2.05) is 45.0 Å². The molecule has 0 N–H and O–H groups in total. The van der Waals surface area contributed by atoms with Gasteiger partial charge in [0.2, 0.25) is 0 Å². The van der Waals surface area contributed by atoms with Crippen LogP contribution in [0, 0.1) is 6.92 Å². The van der Waals surface area contributed by atoms with Gasteiger partial charge in [-0.15, -0.1) is 0 Å². The number of aryl methyl sites for hydroxylation is 1. The molecule has 0 heterocycles. The Hall–Kier alpha value is -1.16. The van der Waals surface area contributed by atoms with E-state index in [1.54, 1.807) is 4.31 Å². The number of rotatable bonds is 4. The lowest BCUT2D eigenvalue weighted by Crippen LogP contribution is -2.24. The molecule has 0 aliphatic heterocycles. The molecular weight excluding hydrogens is 222 g/mol. The van der Waals surface area contributed by atoms with Crippen LogP contribution < -0.4 is 0 Å². The second-order valence-corrected chi connectivity index (χ2v) is 4.31. The molecule has 3 nitrogen and oxygen atoms in total. The van der Waals surface area contributed by atoms with Crippen LogP contribution >= 0.6 is 11.9 Å². The second kappa shape index (κ2) is 6.43. The van der Waals surface area contributed by atoms with E-state index in [1.165, 1.54) is 11.9 Å². The van der Waals surface area contributed by atoms with Crippen molar-refractivity contribution in [1.29, 1.82) is 0 Å². The Bertz CT molecular complexity index is 355. The average molecular weight is 239 g/mol. The van der Waals surface area contributed by atoms with Crippen LogP contribution in [-0.4, -0.2) is 23.6 Å². The van der Waals surface area contributed by atoms with Crippen LogP contribution in [0.15, 0.2) is 29.2 Å². The molecular formula is C12H17NO2S. The van der Waals surface area contributed by atoms with Crippen molar-refractivity contribution in [1.82, 2.24) is 4.31 Å². The Balaban J connectivity index is 2.70. The quantitative estimate of drug-likeness (QED) is 0.753. The standard InChI is InChI=1S/C12H17NO2S/c1-4-13(12(14)15-5-2)16-11-9-7-6-8-10(11)3/h6-9H,4-5H2,1-3H3. The smallest absolute Gasteiger partial charge is 0.420 e. The summed E-state index contributed by atoms with van der Waals surface area (Å²) in [6.07, 6.45) is -0.279. The van der Waals surface area contributed by atoms with E-state index in [2.05, 4.69) is 0 Å². The van der Waals surface area contributed by atoms with E-state index in [-0.39, 0.29) is 6.09 Å². The maximum Gasteiger partial charge on any atom is 0.420 e. The summed E-state index contributed by atoms with van der Waals surface area (Å²) in [6, 6.07) is 7.98. The van der Waals surface area contributed by atoms with Gasteiger partial charge in [0.05, 0.1) is 6.61 Å². The van der Waals surface area contributed by atoms with Gasteiger partial charge < -0.3 is 4.74 Å². The third-order valence-electron chi connectivity index (χ3n) is 2.06. The van der Waals surface area contributed by atoms with Crippen molar-refractivity contribution in [2.45, 2.75) is 25.7 Å². The predicted molar refractivity (Wildman–Crippen MR) is 66.4 cm³/mol. The van der Waals surface area contributed by atoms with E-state index in [0.717, 1.165) is 10.5 Å². The van der Waals surface area contributed by atoms with Crippen LogP contribution in [0.4, 0.5) is 4.79 Å². The molecule has 1 amide bonds. The lowest BCUT2D eigenvalue weighted by atomic mass is 10.2. The summed E-state index contributed by atoms with van der Waals surface area (Å²) in [7, 11) is 0. The fourth-order valence-electron chi connectivity index (χ4n) is 1.20. The highest BCUT2D eigenvalue weighted by Crippen LogP contribution is 2.25. The molecule has 1 rings (SSSR count). The summed E-state index contributed by atoms with van der Waals surface area (Å²) in [6.45, 7) is 6.80. The van der Waals surface area contributed by atoms with Gasteiger partial charge in [0.25, 0.3) is 0 Å². The maximum absolute atomic E-state index is 11.6. The van der Waals surface area contributed by atoms with Crippen LogP contribution in [-0.2, 0) is 4.74 Å². The molecule has 16 heavy (non-hydrogen) atoms. The largest absolute Gasteiger partial charge is 0.449 e. The first-order chi connectivity index (χ1) is 7.69. The van der Waals surface area contributed by atoms with Crippen molar-refractivity contribution < 1.29 is 9.53 Å². The Labute approximate surface area is 101 Å². The summed E-state index contributed by atoms with van der Waals surface area (Å²) < 4.78 is 6.59. The van der Waals surface area contributed by atoms with E-state index in [9.17, 15) is 4.79 Å². The number of benzene rings is 1. The second-order valence-electron chi connectivity index (χ2n) is 3.25. The average Bonchev–Trinajstić information content (AvgIpc) is 2.28. The number of ether oxygens (including phenoxy) is 1. The Kier molecular flexibility index (Phi) is 5.19. The fraction of sp³-hybridized carbons (Fsp3) is 0.417. The molecule has 0 atom stereocenters. The molecule has 0 aliphatic carbocycles. The zero-order valence-corrected chi connectivity index (χ0v) is 10.7. The van der Waals surface area contributed by atoms with E-state index in [0.29, 0.717) is 13.2 Å². The lowest BCUT2D eigenvalue weighted by Gasteiger charge is -2.19. The van der Waals surface area contributed by atoms with Crippen molar-refractivity contribution in [3.05, 3.63) is 29.8 Å². The highest BCUT2D eigenvalue weighted by Gasteiger charge is 2.14. The van der Waals surface area contributed by atoms with Gasteiger partial charge in [0.1, 0.15) is 0 Å². The minimum atomic E-state index is -0.279. The highest BCUT2D eigenvalue weighted by atomic mass is 32.2. The summed E-state index contributed by atoms with van der Waals surface area (Å²) >= 11 is 1.42. The molecule has 1 aromatic carbocycles. The number of amides is 1. The van der Waals surface area contributed by atoms with Gasteiger partial charge in [0, 0.05) is 11.4 Å². The van der Waals surface area contributed by atoms with Gasteiger partial charge in [-0.25, -0.2) is 9.10 Å². The van der Waals surface area contributed by atoms with Crippen molar-refractivity contribution in [3.8, 4) is 0 Å². The predicted octanol–water partition coefficient (Wildman–Crippen LogP) is 3.48. The van der Waals surface area contributed by atoms with Gasteiger partial charge in [-0.2, -0.15) is 0 Å². The van der Waals surface area contributed by atoms with Gasteiger partial charge in [-0.05, 0) is 44.3 Å².